The van der Waals surface area contributed by atoms with Gasteiger partial charge in [-0.3, -0.25) is 4.79 Å². The van der Waals surface area contributed by atoms with Gasteiger partial charge >= 0.3 is 12.0 Å². The minimum atomic E-state index is -1.02. The average Bonchev–Trinajstić information content (AvgIpc) is 2.13. The number of carboxylic acid groups (broad SMARTS) is 1. The first-order valence-electron chi connectivity index (χ1n) is 4.95. The zero-order valence-electron chi connectivity index (χ0n) is 9.19. The number of nitrogens with one attached hydrogen (secondary N) is 1. The van der Waals surface area contributed by atoms with Gasteiger partial charge in [0.15, 0.2) is 0 Å². The van der Waals surface area contributed by atoms with Crippen LogP contribution in [0.3, 0.4) is 0 Å². The van der Waals surface area contributed by atoms with Crippen LogP contribution in [0.5, 0.6) is 0 Å². The van der Waals surface area contributed by atoms with Crippen LogP contribution < -0.4 is 11.1 Å². The number of carbonyl (C=O) groups excluding carboxylic acids is 1. The molecule has 4 N–H and O–H groups in total. The summed E-state index contributed by atoms with van der Waals surface area (Å²) in [5, 5.41) is 11.2. The van der Waals surface area contributed by atoms with Gasteiger partial charge in [-0.05, 0) is 26.8 Å². The third kappa shape index (κ3) is 5.90. The number of urea groups is 1. The van der Waals surface area contributed by atoms with Crippen molar-refractivity contribution >= 4 is 12.0 Å². The first-order valence-corrected chi connectivity index (χ1v) is 4.95. The molecular formula is C9H19N3O3. The van der Waals surface area contributed by atoms with E-state index in [-0.39, 0.29) is 18.6 Å². The summed E-state index contributed by atoms with van der Waals surface area (Å²) in [6.07, 6.45) is 0.685. The van der Waals surface area contributed by atoms with E-state index in [1.54, 1.807) is 13.8 Å². The van der Waals surface area contributed by atoms with Gasteiger partial charge in [-0.2, -0.15) is 0 Å². The zero-order chi connectivity index (χ0) is 11.8. The van der Waals surface area contributed by atoms with Crippen LogP contribution in [-0.4, -0.2) is 47.7 Å². The van der Waals surface area contributed by atoms with Gasteiger partial charge < -0.3 is 21.1 Å². The molecule has 0 aliphatic carbocycles. The minimum absolute atomic E-state index is 0.140. The van der Waals surface area contributed by atoms with Crippen LogP contribution in [0.1, 0.15) is 20.3 Å². The molecule has 0 saturated heterocycles. The van der Waals surface area contributed by atoms with E-state index in [0.717, 1.165) is 0 Å². The van der Waals surface area contributed by atoms with Crippen LogP contribution in [0.25, 0.3) is 0 Å². The second kappa shape index (κ2) is 7.05. The molecule has 0 aromatic rings. The smallest absolute Gasteiger partial charge is 0.323 e. The van der Waals surface area contributed by atoms with Crippen molar-refractivity contribution in [2.45, 2.75) is 26.3 Å². The van der Waals surface area contributed by atoms with Crippen molar-refractivity contribution in [1.82, 2.24) is 10.2 Å². The van der Waals surface area contributed by atoms with E-state index in [2.05, 4.69) is 5.32 Å². The molecule has 0 atom stereocenters. The van der Waals surface area contributed by atoms with Crippen LogP contribution in [0.15, 0.2) is 0 Å². The number of nitrogens with two attached hydrogens (primary N) is 1. The Bertz CT molecular complexity index is 219. The third-order valence-corrected chi connectivity index (χ3v) is 1.85. The van der Waals surface area contributed by atoms with Gasteiger partial charge in [0.1, 0.15) is 6.54 Å². The molecule has 2 amide bonds. The summed E-state index contributed by atoms with van der Waals surface area (Å²) in [4.78, 5) is 23.3. The molecule has 0 aromatic heterocycles. The van der Waals surface area contributed by atoms with E-state index in [9.17, 15) is 9.59 Å². The molecule has 0 aliphatic heterocycles. The monoisotopic (exact) mass is 217 g/mol. The predicted molar refractivity (Wildman–Crippen MR) is 56.5 cm³/mol. The summed E-state index contributed by atoms with van der Waals surface area (Å²) >= 11 is 0. The van der Waals surface area contributed by atoms with Crippen molar-refractivity contribution in [2.24, 2.45) is 5.73 Å². The van der Waals surface area contributed by atoms with Gasteiger partial charge in [0, 0.05) is 12.6 Å². The molecule has 0 fully saturated rings. The Hall–Kier alpha value is -1.30. The number of nitrogens with zero attached hydrogens (tertiary/aromatic N) is 1. The Kier molecular flexibility index (Phi) is 6.44. The lowest BCUT2D eigenvalue weighted by atomic mass is 10.3. The first-order chi connectivity index (χ1) is 6.99. The first kappa shape index (κ1) is 13.7. The van der Waals surface area contributed by atoms with Crippen LogP contribution in [0, 0.1) is 0 Å². The van der Waals surface area contributed by atoms with Crippen LogP contribution >= 0.6 is 0 Å². The predicted octanol–water partition coefficient (Wildman–Crippen LogP) is -0.160. The summed E-state index contributed by atoms with van der Waals surface area (Å²) < 4.78 is 0. The molecule has 0 bridgehead atoms. The number of amides is 2. The lowest BCUT2D eigenvalue weighted by molar-refractivity contribution is -0.138. The molecule has 6 nitrogen and oxygen atoms in total. The number of hydrogen-bond acceptors (Lipinski definition) is 3. The molecule has 15 heavy (non-hydrogen) atoms. The van der Waals surface area contributed by atoms with Gasteiger partial charge in [-0.25, -0.2) is 4.79 Å². The van der Waals surface area contributed by atoms with Gasteiger partial charge in [0.05, 0.1) is 0 Å². The van der Waals surface area contributed by atoms with E-state index in [0.29, 0.717) is 19.5 Å². The summed E-state index contributed by atoms with van der Waals surface area (Å²) in [6.45, 7) is 4.22. The molecule has 0 aliphatic rings. The van der Waals surface area contributed by atoms with Crippen LogP contribution in [-0.2, 0) is 4.79 Å². The fourth-order valence-electron chi connectivity index (χ4n) is 1.03. The third-order valence-electron chi connectivity index (χ3n) is 1.85. The molecule has 0 heterocycles. The fourth-order valence-corrected chi connectivity index (χ4v) is 1.03. The largest absolute Gasteiger partial charge is 0.480 e. The van der Waals surface area contributed by atoms with Crippen molar-refractivity contribution in [3.63, 3.8) is 0 Å². The molecule has 0 radical (unpaired) electrons. The van der Waals surface area contributed by atoms with Crippen molar-refractivity contribution in [3.8, 4) is 0 Å². The van der Waals surface area contributed by atoms with Gasteiger partial charge in [-0.1, -0.05) is 0 Å². The molecule has 0 unspecified atom stereocenters. The van der Waals surface area contributed by atoms with E-state index in [1.165, 1.54) is 4.90 Å². The summed E-state index contributed by atoms with van der Waals surface area (Å²) in [7, 11) is 0. The number of rotatable bonds is 6. The molecule has 0 rings (SSSR count). The van der Waals surface area contributed by atoms with E-state index in [4.69, 9.17) is 10.8 Å². The summed E-state index contributed by atoms with van der Waals surface area (Å²) in [5.74, 6) is -1.02. The van der Waals surface area contributed by atoms with Crippen LogP contribution in [0.4, 0.5) is 4.79 Å². The second-order valence-corrected chi connectivity index (χ2v) is 3.49. The normalized spacial score (nSPS) is 10.1. The quantitative estimate of drug-likeness (QED) is 0.539. The number of aliphatic carboxylic acids is 1. The SMILES string of the molecule is CC(C)N(CC(=O)O)C(=O)NCCCN. The average molecular weight is 217 g/mol. The van der Waals surface area contributed by atoms with Crippen molar-refractivity contribution in [1.29, 1.82) is 0 Å². The van der Waals surface area contributed by atoms with Crippen molar-refractivity contribution in [2.75, 3.05) is 19.6 Å². The topological polar surface area (TPSA) is 95.7 Å². The Balaban J connectivity index is 4.11. The second-order valence-electron chi connectivity index (χ2n) is 3.49. The molecule has 6 heteroatoms. The summed E-state index contributed by atoms with van der Waals surface area (Å²) in [5.41, 5.74) is 5.27. The Labute approximate surface area is 89.4 Å². The molecule has 0 spiro atoms. The molecule has 88 valence electrons. The highest BCUT2D eigenvalue weighted by Gasteiger charge is 2.18. The fraction of sp³-hybridized carbons (Fsp3) is 0.778. The van der Waals surface area contributed by atoms with Gasteiger partial charge in [0.25, 0.3) is 0 Å². The minimum Gasteiger partial charge on any atom is -0.480 e. The van der Waals surface area contributed by atoms with Crippen molar-refractivity contribution < 1.29 is 14.7 Å². The maximum absolute atomic E-state index is 11.5. The highest BCUT2D eigenvalue weighted by atomic mass is 16.4. The van der Waals surface area contributed by atoms with E-state index >= 15 is 0 Å². The number of carboxylic acids is 1. The molecule has 0 saturated carbocycles. The van der Waals surface area contributed by atoms with E-state index < -0.39 is 5.97 Å². The maximum Gasteiger partial charge on any atom is 0.323 e. The van der Waals surface area contributed by atoms with Crippen LogP contribution in [0.2, 0.25) is 0 Å². The molecule has 0 aromatic carbocycles. The lowest BCUT2D eigenvalue weighted by Crippen LogP contribution is -2.46. The number of hydrogen-bond donors (Lipinski definition) is 3. The van der Waals surface area contributed by atoms with Crippen molar-refractivity contribution in [3.05, 3.63) is 0 Å². The molecular weight excluding hydrogens is 198 g/mol. The van der Waals surface area contributed by atoms with Gasteiger partial charge in [0.2, 0.25) is 0 Å². The highest BCUT2D eigenvalue weighted by Crippen LogP contribution is 1.98. The Morgan fingerprint density at radius 1 is 1.47 bits per heavy atom. The maximum atomic E-state index is 11.5. The standard InChI is InChI=1S/C9H19N3O3/c1-7(2)12(6-8(13)14)9(15)11-5-3-4-10/h7H,3-6,10H2,1-2H3,(H,11,15)(H,13,14). The number of carbonyl (C=O) groups is 2. The Morgan fingerprint density at radius 3 is 2.47 bits per heavy atom. The Morgan fingerprint density at radius 2 is 2.07 bits per heavy atom. The van der Waals surface area contributed by atoms with Gasteiger partial charge in [-0.15, -0.1) is 0 Å². The summed E-state index contributed by atoms with van der Waals surface area (Å²) in [6, 6.07) is -0.500. The zero-order valence-corrected chi connectivity index (χ0v) is 9.19. The lowest BCUT2D eigenvalue weighted by Gasteiger charge is -2.25. The highest BCUT2D eigenvalue weighted by molar-refractivity contribution is 5.80. The van der Waals surface area contributed by atoms with E-state index in [1.807, 2.05) is 0 Å².